The van der Waals surface area contributed by atoms with E-state index in [-0.39, 0.29) is 105 Å². The number of β-lactam (4-membered cyclic amide) rings is 1. The maximum Gasteiger partial charge on any atom is 1.00 e. The largest absolute Gasteiger partial charge is 1.00 e. The number of carbonyl (C=O) groups excluding carboxylic acids is 3. The van der Waals surface area contributed by atoms with Crippen molar-refractivity contribution in [2.75, 3.05) is 31.1 Å². The molecule has 2 aromatic rings. The number of thioether (sulfide) groups is 1. The number of aromatic nitrogens is 1. The zero-order valence-electron chi connectivity index (χ0n) is 25.4. The number of amides is 1. The maximum absolute atomic E-state index is 15.7. The number of hydrogen-bond donors (Lipinski definition) is 4. The molecule has 4 N–H and O–H groups in total. The molecule has 6 rings (SSSR count). The molecule has 1 aliphatic carbocycles. The minimum atomic E-state index is -1.68. The number of aliphatic hydroxyl groups is 1. The van der Waals surface area contributed by atoms with Crippen molar-refractivity contribution in [2.24, 2.45) is 16.8 Å². The number of carbonyl (C=O) groups is 3. The summed E-state index contributed by atoms with van der Waals surface area (Å²) in [7, 11) is 0. The van der Waals surface area contributed by atoms with E-state index in [1.54, 1.807) is 4.90 Å². The van der Waals surface area contributed by atoms with Crippen LogP contribution in [0.5, 0.6) is 0 Å². The van der Waals surface area contributed by atoms with Gasteiger partial charge in [0.15, 0.2) is 11.2 Å². The monoisotopic (exact) mass is 676 g/mol. The van der Waals surface area contributed by atoms with Crippen molar-refractivity contribution in [3.8, 4) is 0 Å². The van der Waals surface area contributed by atoms with Crippen molar-refractivity contribution in [1.82, 2.24) is 20.7 Å². The minimum Gasteiger partial charge on any atom is -0.545 e. The number of aliphatic carboxylic acids is 1. The minimum absolute atomic E-state index is 0. The molecule has 234 valence electrons. The summed E-state index contributed by atoms with van der Waals surface area (Å²) in [6, 6.07) is 0.867. The first-order chi connectivity index (χ1) is 21.0. The van der Waals surface area contributed by atoms with E-state index in [2.05, 4.69) is 20.8 Å². The van der Waals surface area contributed by atoms with E-state index >= 15 is 8.78 Å². The van der Waals surface area contributed by atoms with Gasteiger partial charge in [0.25, 0.3) is 0 Å². The maximum atomic E-state index is 15.7. The Morgan fingerprint density at radius 3 is 2.57 bits per heavy atom. The number of hydrogen-bond acceptors (Lipinski definition) is 11. The summed E-state index contributed by atoms with van der Waals surface area (Å²) in [6.45, 7) is 2.50. The van der Waals surface area contributed by atoms with Crippen LogP contribution < -0.4 is 90.5 Å². The van der Waals surface area contributed by atoms with Crippen LogP contribution in [0.25, 0.3) is 10.9 Å². The first-order valence-electron chi connectivity index (χ1n) is 14.1. The first-order valence-corrected chi connectivity index (χ1v) is 15.0. The first kappa shape index (κ1) is 36.8. The van der Waals surface area contributed by atoms with Crippen molar-refractivity contribution < 1.29 is 97.6 Å². The second-order valence-corrected chi connectivity index (χ2v) is 12.6. The number of aromatic carboxylic acids is 1. The number of pyridine rings is 1. The number of nitrogens with one attached hydrogen (secondary N) is 3. The zero-order chi connectivity index (χ0) is 31.4. The quantitative estimate of drug-likeness (QED) is 0.0442. The molecule has 1 unspecified atom stereocenters. The van der Waals surface area contributed by atoms with Gasteiger partial charge in [0, 0.05) is 30.2 Å². The molecule has 0 bridgehead atoms. The van der Waals surface area contributed by atoms with E-state index in [4.69, 9.17) is 0 Å². The normalized spacial score (nSPS) is 22.9. The van der Waals surface area contributed by atoms with Crippen LogP contribution in [0.4, 0.5) is 14.5 Å². The predicted molar refractivity (Wildman–Crippen MR) is 151 cm³/mol. The molecule has 1 amide bonds. The average Bonchev–Trinajstić information content (AvgIpc) is 3.61. The van der Waals surface area contributed by atoms with Gasteiger partial charge in [-0.2, -0.15) is 0 Å². The molecule has 0 radical (unpaired) electrons. The molecule has 4 atom stereocenters. The summed E-state index contributed by atoms with van der Waals surface area (Å²) in [5.41, 5.74) is 3.53. The number of aliphatic hydroxyl groups excluding tert-OH is 1. The summed E-state index contributed by atoms with van der Waals surface area (Å²) < 4.78 is 30.8. The number of rotatable bonds is 11. The van der Waals surface area contributed by atoms with Gasteiger partial charge >= 0.3 is 59.1 Å². The van der Waals surface area contributed by atoms with Gasteiger partial charge < -0.3 is 40.2 Å². The van der Waals surface area contributed by atoms with Gasteiger partial charge in [-0.3, -0.25) is 19.5 Å². The van der Waals surface area contributed by atoms with Crippen LogP contribution >= 0.6 is 11.8 Å². The summed E-state index contributed by atoms with van der Waals surface area (Å²) in [5, 5.41) is 32.2. The van der Waals surface area contributed by atoms with Gasteiger partial charge in [-0.1, -0.05) is 11.8 Å². The Labute approximate surface area is 309 Å². The molecule has 1 aromatic heterocycles. The summed E-state index contributed by atoms with van der Waals surface area (Å²) in [6.07, 6.45) is 2.32. The topological polar surface area (TPSA) is 193 Å². The fraction of sp³-hybridized carbons (Fsp3) is 0.464. The second kappa shape index (κ2) is 14.6. The molecule has 3 aliphatic heterocycles. The summed E-state index contributed by atoms with van der Waals surface area (Å²) in [4.78, 5) is 58.3. The smallest absolute Gasteiger partial charge is 0.545 e. The van der Waals surface area contributed by atoms with Crippen LogP contribution in [0, 0.1) is 23.5 Å². The molecule has 1 saturated carbocycles. The molecule has 13 nitrogen and oxygen atoms in total. The van der Waals surface area contributed by atoms with E-state index in [1.165, 1.54) is 13.3 Å². The molecule has 3 fully saturated rings. The number of aromatic amines is 1. The van der Waals surface area contributed by atoms with E-state index in [0.717, 1.165) is 22.7 Å². The molecule has 0 spiro atoms. The number of fused-ring (bicyclic) bond motifs is 2. The Bertz CT molecular complexity index is 1700. The Morgan fingerprint density at radius 2 is 1.93 bits per heavy atom. The molecular weight excluding hydrogens is 648 g/mol. The number of halogens is 2. The average molecular weight is 677 g/mol. The molecule has 1 aromatic carbocycles. The Kier molecular flexibility index (Phi) is 11.7. The molecule has 2 saturated heterocycles. The van der Waals surface area contributed by atoms with Crippen LogP contribution in [-0.2, 0) is 9.59 Å². The van der Waals surface area contributed by atoms with Crippen LogP contribution in [0.1, 0.15) is 48.2 Å². The van der Waals surface area contributed by atoms with Crippen LogP contribution in [0.15, 0.2) is 26.5 Å². The molecule has 46 heavy (non-hydrogen) atoms. The number of hydrazine groups is 1. The number of carboxylic acid groups (broad SMARTS) is 2. The molecule has 4 aliphatic rings. The standard InChI is InChI=1S/C28H30F2N6O7S.2Na/c1-11(37)17-25(39)36-23(28(42)43)16(44-26(17)36)8-31-10-33-32-7-12-4-5-35(9-12)22-15(29)6-14-21(19(22)30)34-20(13-2-3-13)18(24(14)38)27(40)41;;/h6,10-13,17,26,32,37H,2-5,7-9H2,1H3,(H,31,33)(H,34,38)(H,40,41)(H,42,43);;/q;2*+1/p-2/t11-,12?,17-,26-;;/m1../s1. The third-order valence-electron chi connectivity index (χ3n) is 8.44. The van der Waals surface area contributed by atoms with E-state index in [9.17, 15) is 34.5 Å². The fourth-order valence-corrected chi connectivity index (χ4v) is 7.65. The number of carboxylic acids is 2. The summed E-state index contributed by atoms with van der Waals surface area (Å²) in [5.74, 6) is -6.48. The van der Waals surface area contributed by atoms with Crippen LogP contribution in [0.3, 0.4) is 0 Å². The van der Waals surface area contributed by atoms with Crippen molar-refractivity contribution in [1.29, 1.82) is 0 Å². The number of nitrogens with zero attached hydrogens (tertiary/aromatic N) is 3. The van der Waals surface area contributed by atoms with Gasteiger partial charge in [-0.15, -0.1) is 0 Å². The van der Waals surface area contributed by atoms with Gasteiger partial charge in [0.2, 0.25) is 5.91 Å². The number of aliphatic imine (C=N–C) groups is 1. The van der Waals surface area contributed by atoms with E-state index in [0.29, 0.717) is 43.8 Å². The van der Waals surface area contributed by atoms with E-state index < -0.39 is 57.9 Å². The van der Waals surface area contributed by atoms with Crippen LogP contribution in [-0.4, -0.2) is 76.8 Å². The molecular formula is C28H28F2N6Na2O7S. The third kappa shape index (κ3) is 6.65. The number of anilines is 1. The Morgan fingerprint density at radius 1 is 1.22 bits per heavy atom. The van der Waals surface area contributed by atoms with Crippen molar-refractivity contribution in [2.45, 2.75) is 43.6 Å². The van der Waals surface area contributed by atoms with Gasteiger partial charge in [0.1, 0.15) is 16.9 Å². The molecule has 18 heteroatoms. The Balaban J connectivity index is 0.00000240. The van der Waals surface area contributed by atoms with Crippen molar-refractivity contribution >= 4 is 52.5 Å². The zero-order valence-corrected chi connectivity index (χ0v) is 30.2. The van der Waals surface area contributed by atoms with Crippen molar-refractivity contribution in [3.05, 3.63) is 49.8 Å². The van der Waals surface area contributed by atoms with Crippen molar-refractivity contribution in [3.63, 3.8) is 0 Å². The number of benzene rings is 1. The molecule has 4 heterocycles. The Hall–Kier alpha value is -2.02. The summed E-state index contributed by atoms with van der Waals surface area (Å²) >= 11 is 1.16. The predicted octanol–water partition coefficient (Wildman–Crippen LogP) is -7.12. The van der Waals surface area contributed by atoms with E-state index in [1.807, 2.05) is 0 Å². The van der Waals surface area contributed by atoms with Gasteiger partial charge in [0.05, 0.1) is 59.0 Å². The van der Waals surface area contributed by atoms with Gasteiger partial charge in [-0.25, -0.2) is 14.2 Å². The van der Waals surface area contributed by atoms with Gasteiger partial charge in [-0.05, 0) is 44.1 Å². The fourth-order valence-electron chi connectivity index (χ4n) is 6.12. The second-order valence-electron chi connectivity index (χ2n) is 11.4. The third-order valence-corrected chi connectivity index (χ3v) is 9.79. The SMILES string of the molecule is C[C@@H](O)[C@@H]1C(=O)N2C(C(=O)[O-])=C(CN=CNNCC3CCN(c4c(F)cc5c(=O)c(C(=O)[O-])c(C6CC6)[nH]c5c4F)C3)S[C@H]12.[Na+].[Na+]. The number of H-pyrrole nitrogens is 1. The van der Waals surface area contributed by atoms with Crippen LogP contribution in [0.2, 0.25) is 0 Å².